The Kier molecular flexibility index (Phi) is 54.3. The van der Waals surface area contributed by atoms with Crippen LogP contribution >= 0.6 is 0 Å². The average Bonchev–Trinajstić information content (AvgIpc) is 3.35. The van der Waals surface area contributed by atoms with Gasteiger partial charge in [0.25, 0.3) is 0 Å². The molecule has 0 rings (SSSR count). The molecule has 0 saturated carbocycles. The van der Waals surface area contributed by atoms with Gasteiger partial charge in [0.05, 0.1) is 0 Å². The van der Waals surface area contributed by atoms with Crippen molar-refractivity contribution in [3.8, 4) is 0 Å². The Morgan fingerprint density at radius 1 is 0.304 bits per heavy atom. The summed E-state index contributed by atoms with van der Waals surface area (Å²) in [5.74, 6) is -0.989. The van der Waals surface area contributed by atoms with Crippen LogP contribution in [0.15, 0.2) is 85.1 Å². The summed E-state index contributed by atoms with van der Waals surface area (Å²) in [6, 6.07) is 0. The van der Waals surface area contributed by atoms with Crippen LogP contribution in [0.4, 0.5) is 0 Å². The van der Waals surface area contributed by atoms with Crippen LogP contribution in [-0.2, 0) is 28.6 Å². The Balaban J connectivity index is 4.06. The molecule has 0 fully saturated rings. The van der Waals surface area contributed by atoms with Crippen LogP contribution in [0.2, 0.25) is 0 Å². The number of hydrogen-bond donors (Lipinski definition) is 0. The number of carbonyl (C=O) groups excluding carboxylic acids is 3. The van der Waals surface area contributed by atoms with Gasteiger partial charge >= 0.3 is 17.9 Å². The van der Waals surface area contributed by atoms with Crippen LogP contribution in [0.25, 0.3) is 0 Å². The SMILES string of the molecule is CC/C=C\C/C=C\C/C=C\C/C=C\CCC(=O)OC(COC(=O)CCCCCCCCC)COC(=O)CCCCCCCCCCCCCCCCCC/C=C\C/C=C\C/C=C\CCCCCCC. The Hall–Kier alpha value is -3.41. The van der Waals surface area contributed by atoms with Gasteiger partial charge in [-0.1, -0.05) is 260 Å². The molecular formula is C63H108O6. The number of unbranched alkanes of at least 4 members (excludes halogenated alkanes) is 27. The van der Waals surface area contributed by atoms with Gasteiger partial charge in [0.15, 0.2) is 6.10 Å². The lowest BCUT2D eigenvalue weighted by Gasteiger charge is -2.18. The van der Waals surface area contributed by atoms with Gasteiger partial charge in [-0.15, -0.1) is 0 Å². The van der Waals surface area contributed by atoms with Crippen LogP contribution in [0.3, 0.4) is 0 Å². The molecule has 0 radical (unpaired) electrons. The molecule has 69 heavy (non-hydrogen) atoms. The summed E-state index contributed by atoms with van der Waals surface area (Å²) < 4.78 is 16.7. The minimum absolute atomic E-state index is 0.103. The largest absolute Gasteiger partial charge is 0.462 e. The maximum atomic E-state index is 12.7. The third kappa shape index (κ3) is 55.4. The predicted octanol–water partition coefficient (Wildman–Crippen LogP) is 19.5. The molecule has 6 nitrogen and oxygen atoms in total. The van der Waals surface area contributed by atoms with Gasteiger partial charge in [-0.3, -0.25) is 14.4 Å². The molecule has 6 heteroatoms. The van der Waals surface area contributed by atoms with E-state index < -0.39 is 12.1 Å². The fourth-order valence-electron chi connectivity index (χ4n) is 8.05. The lowest BCUT2D eigenvalue weighted by Crippen LogP contribution is -2.30. The van der Waals surface area contributed by atoms with Gasteiger partial charge in [-0.25, -0.2) is 0 Å². The summed E-state index contributed by atoms with van der Waals surface area (Å²) in [5, 5.41) is 0. The van der Waals surface area contributed by atoms with Crippen molar-refractivity contribution in [3.63, 3.8) is 0 Å². The molecule has 0 aliphatic carbocycles. The van der Waals surface area contributed by atoms with Crippen LogP contribution in [-0.4, -0.2) is 37.2 Å². The molecule has 0 aromatic carbocycles. The molecule has 0 spiro atoms. The zero-order chi connectivity index (χ0) is 50.0. The van der Waals surface area contributed by atoms with Gasteiger partial charge in [-0.05, 0) is 83.5 Å². The van der Waals surface area contributed by atoms with E-state index in [0.717, 1.165) is 77.0 Å². The summed E-state index contributed by atoms with van der Waals surface area (Å²) in [5.41, 5.74) is 0. The molecule has 0 heterocycles. The van der Waals surface area contributed by atoms with Gasteiger partial charge in [0.1, 0.15) is 13.2 Å². The van der Waals surface area contributed by atoms with Crippen LogP contribution in [0.1, 0.15) is 278 Å². The third-order valence-electron chi connectivity index (χ3n) is 12.4. The number of hydrogen-bond acceptors (Lipinski definition) is 6. The summed E-state index contributed by atoms with van der Waals surface area (Å²) in [6.45, 7) is 6.41. The molecule has 1 atom stereocenters. The normalized spacial score (nSPS) is 12.7. The van der Waals surface area contributed by atoms with Crippen molar-refractivity contribution in [1.82, 2.24) is 0 Å². The Morgan fingerprint density at radius 2 is 0.594 bits per heavy atom. The Bertz CT molecular complexity index is 1330. The first kappa shape index (κ1) is 65.6. The first-order chi connectivity index (χ1) is 34.0. The van der Waals surface area contributed by atoms with E-state index in [1.165, 1.54) is 154 Å². The fourth-order valence-corrected chi connectivity index (χ4v) is 8.05. The second-order valence-electron chi connectivity index (χ2n) is 19.2. The molecule has 0 aliphatic heterocycles. The van der Waals surface area contributed by atoms with E-state index >= 15 is 0 Å². The van der Waals surface area contributed by atoms with E-state index in [-0.39, 0.29) is 31.6 Å². The molecular weight excluding hydrogens is 853 g/mol. The Morgan fingerprint density at radius 3 is 0.942 bits per heavy atom. The lowest BCUT2D eigenvalue weighted by molar-refractivity contribution is -0.166. The van der Waals surface area contributed by atoms with Gasteiger partial charge in [0, 0.05) is 19.3 Å². The van der Waals surface area contributed by atoms with E-state index in [2.05, 4.69) is 93.7 Å². The number of ether oxygens (including phenoxy) is 3. The molecule has 0 aromatic heterocycles. The first-order valence-corrected chi connectivity index (χ1v) is 29.1. The third-order valence-corrected chi connectivity index (χ3v) is 12.4. The molecule has 0 bridgehead atoms. The molecule has 0 amide bonds. The zero-order valence-electron chi connectivity index (χ0n) is 45.3. The standard InChI is InChI=1S/C63H108O6/c1-4-7-10-13-16-18-20-22-23-24-25-26-27-28-29-30-31-32-33-34-35-36-37-38-39-41-42-44-47-50-53-56-62(65)68-59-60(58-67-61(64)55-52-49-46-15-12-9-6-3)69-63(66)57-54-51-48-45-43-40-21-19-17-14-11-8-5-2/h8,11,17,19-20,22,24-25,27-28,40,43,48,51,60H,4-7,9-10,12-16,18,21,23,26,29-39,41-42,44-47,49-50,52-59H2,1-3H3/b11-8-,19-17-,22-20-,25-24-,28-27-,43-40-,51-48-. The van der Waals surface area contributed by atoms with Crippen molar-refractivity contribution < 1.29 is 28.6 Å². The van der Waals surface area contributed by atoms with Crippen LogP contribution < -0.4 is 0 Å². The highest BCUT2D eigenvalue weighted by molar-refractivity contribution is 5.71. The Labute approximate surface area is 426 Å². The van der Waals surface area contributed by atoms with E-state index in [4.69, 9.17) is 14.2 Å². The highest BCUT2D eigenvalue weighted by Crippen LogP contribution is 2.16. The maximum absolute atomic E-state index is 12.7. The summed E-state index contributed by atoms with van der Waals surface area (Å²) >= 11 is 0. The summed E-state index contributed by atoms with van der Waals surface area (Å²) in [6.07, 6.45) is 74.9. The van der Waals surface area contributed by atoms with Crippen LogP contribution in [0, 0.1) is 0 Å². The van der Waals surface area contributed by atoms with E-state index in [1.807, 2.05) is 12.2 Å². The topological polar surface area (TPSA) is 78.9 Å². The summed E-state index contributed by atoms with van der Waals surface area (Å²) in [4.78, 5) is 37.8. The van der Waals surface area contributed by atoms with Crippen LogP contribution in [0.5, 0.6) is 0 Å². The van der Waals surface area contributed by atoms with Crippen molar-refractivity contribution in [1.29, 1.82) is 0 Å². The first-order valence-electron chi connectivity index (χ1n) is 29.1. The number of carbonyl (C=O) groups is 3. The van der Waals surface area contributed by atoms with E-state index in [9.17, 15) is 14.4 Å². The van der Waals surface area contributed by atoms with E-state index in [1.54, 1.807) is 0 Å². The number of rotatable bonds is 52. The van der Waals surface area contributed by atoms with Crippen molar-refractivity contribution in [3.05, 3.63) is 85.1 Å². The second kappa shape index (κ2) is 57.2. The molecule has 0 N–H and O–H groups in total. The highest BCUT2D eigenvalue weighted by Gasteiger charge is 2.19. The monoisotopic (exact) mass is 961 g/mol. The molecule has 396 valence electrons. The summed E-state index contributed by atoms with van der Waals surface area (Å²) in [7, 11) is 0. The van der Waals surface area contributed by atoms with Gasteiger partial charge in [0.2, 0.25) is 0 Å². The quantitative estimate of drug-likeness (QED) is 0.0262. The molecule has 0 saturated heterocycles. The van der Waals surface area contributed by atoms with E-state index in [0.29, 0.717) is 19.3 Å². The highest BCUT2D eigenvalue weighted by atomic mass is 16.6. The minimum atomic E-state index is -0.810. The average molecular weight is 962 g/mol. The molecule has 0 aliphatic rings. The van der Waals surface area contributed by atoms with Gasteiger partial charge < -0.3 is 14.2 Å². The molecule has 1 unspecified atom stereocenters. The lowest BCUT2D eigenvalue weighted by atomic mass is 10.0. The van der Waals surface area contributed by atoms with Gasteiger partial charge in [-0.2, -0.15) is 0 Å². The maximum Gasteiger partial charge on any atom is 0.306 e. The fraction of sp³-hybridized carbons (Fsp3) is 0.730. The van der Waals surface area contributed by atoms with Crippen molar-refractivity contribution in [2.45, 2.75) is 284 Å². The van der Waals surface area contributed by atoms with Crippen molar-refractivity contribution in [2.75, 3.05) is 13.2 Å². The zero-order valence-corrected chi connectivity index (χ0v) is 45.3. The number of allylic oxidation sites excluding steroid dienone is 14. The molecule has 0 aromatic rings. The predicted molar refractivity (Wildman–Crippen MR) is 297 cm³/mol. The second-order valence-corrected chi connectivity index (χ2v) is 19.2. The smallest absolute Gasteiger partial charge is 0.306 e. The number of esters is 3. The van der Waals surface area contributed by atoms with Crippen molar-refractivity contribution in [2.24, 2.45) is 0 Å². The minimum Gasteiger partial charge on any atom is -0.462 e. The van der Waals surface area contributed by atoms with Crippen molar-refractivity contribution >= 4 is 17.9 Å².